The van der Waals surface area contributed by atoms with Gasteiger partial charge in [-0.15, -0.1) is 0 Å². The van der Waals surface area contributed by atoms with E-state index in [1.54, 1.807) is 0 Å². The van der Waals surface area contributed by atoms with Gasteiger partial charge in [0, 0.05) is 6.42 Å². The van der Waals surface area contributed by atoms with Crippen molar-refractivity contribution in [2.45, 2.75) is 105 Å². The van der Waals surface area contributed by atoms with E-state index in [-0.39, 0.29) is 0 Å². The topological polar surface area (TPSA) is 17.1 Å². The Morgan fingerprint density at radius 3 is 2.60 bits per heavy atom. The van der Waals surface area contributed by atoms with E-state index >= 15 is 0 Å². The molecule has 8 atom stereocenters. The van der Waals surface area contributed by atoms with Crippen molar-refractivity contribution in [1.29, 1.82) is 0 Å². The first-order valence-corrected chi connectivity index (χ1v) is 13.1. The van der Waals surface area contributed by atoms with Gasteiger partial charge in [0.1, 0.15) is 0 Å². The fourth-order valence-electron chi connectivity index (χ4n) is 8.68. The van der Waals surface area contributed by atoms with Crippen molar-refractivity contribution >= 4 is 5.78 Å². The molecule has 168 valence electrons. The van der Waals surface area contributed by atoms with E-state index in [9.17, 15) is 4.79 Å². The molecule has 4 rings (SSSR count). The van der Waals surface area contributed by atoms with Crippen LogP contribution in [0.3, 0.4) is 0 Å². The minimum absolute atomic E-state index is 0.315. The summed E-state index contributed by atoms with van der Waals surface area (Å²) in [4.78, 5) is 12.1. The van der Waals surface area contributed by atoms with Crippen LogP contribution < -0.4 is 0 Å². The third-order valence-electron chi connectivity index (χ3n) is 11.0. The molecule has 3 unspecified atom stereocenters. The van der Waals surface area contributed by atoms with Gasteiger partial charge in [0.2, 0.25) is 0 Å². The smallest absolute Gasteiger partial charge is 0.155 e. The van der Waals surface area contributed by atoms with Gasteiger partial charge in [-0.1, -0.05) is 52.3 Å². The Bertz CT molecular complexity index is 716. The van der Waals surface area contributed by atoms with Crippen LogP contribution in [0.15, 0.2) is 23.8 Å². The molecule has 0 aromatic carbocycles. The molecule has 0 spiro atoms. The van der Waals surface area contributed by atoms with Gasteiger partial charge in [0.15, 0.2) is 5.78 Å². The minimum atomic E-state index is 0.315. The highest BCUT2D eigenvalue weighted by molar-refractivity contribution is 5.91. The van der Waals surface area contributed by atoms with E-state index in [0.717, 1.165) is 42.4 Å². The van der Waals surface area contributed by atoms with E-state index in [1.807, 2.05) is 0 Å². The minimum Gasteiger partial charge on any atom is -0.295 e. The Labute approximate surface area is 186 Å². The molecule has 4 aliphatic carbocycles. The summed E-state index contributed by atoms with van der Waals surface area (Å²) in [5.74, 6) is 5.40. The second-order valence-electron chi connectivity index (χ2n) is 12.2. The van der Waals surface area contributed by atoms with Crippen LogP contribution in [-0.2, 0) is 4.79 Å². The molecule has 3 saturated carbocycles. The van der Waals surface area contributed by atoms with E-state index in [0.29, 0.717) is 22.5 Å². The van der Waals surface area contributed by atoms with Crippen molar-refractivity contribution in [3.63, 3.8) is 0 Å². The number of carbonyl (C=O) groups is 1. The number of ketones is 1. The summed E-state index contributed by atoms with van der Waals surface area (Å²) >= 11 is 0. The van der Waals surface area contributed by atoms with Crippen LogP contribution in [0.5, 0.6) is 0 Å². The first-order chi connectivity index (χ1) is 14.2. The zero-order valence-electron chi connectivity index (χ0n) is 20.4. The van der Waals surface area contributed by atoms with E-state index in [1.165, 1.54) is 68.9 Å². The van der Waals surface area contributed by atoms with Crippen LogP contribution in [-0.4, -0.2) is 5.78 Å². The van der Waals surface area contributed by atoms with E-state index < -0.39 is 0 Å². The predicted octanol–water partition coefficient (Wildman–Crippen LogP) is 8.15. The van der Waals surface area contributed by atoms with Crippen LogP contribution >= 0.6 is 0 Å². The van der Waals surface area contributed by atoms with Gasteiger partial charge < -0.3 is 0 Å². The van der Waals surface area contributed by atoms with Gasteiger partial charge in [-0.3, -0.25) is 4.79 Å². The van der Waals surface area contributed by atoms with Crippen LogP contribution in [0.2, 0.25) is 0 Å². The predicted molar refractivity (Wildman–Crippen MR) is 127 cm³/mol. The summed E-state index contributed by atoms with van der Waals surface area (Å²) in [7, 11) is 0. The molecule has 0 aromatic heterocycles. The quantitative estimate of drug-likeness (QED) is 0.404. The van der Waals surface area contributed by atoms with Crippen molar-refractivity contribution in [1.82, 2.24) is 0 Å². The molecule has 0 heterocycles. The monoisotopic (exact) mass is 410 g/mol. The SMILES string of the molecule is C=C(CC[C@@H](C)[C@H]1CCC2C3CCC4=CC(=O)CC[C@]4(C)C3CC[C@@]21C)[C@@H](C)CC. The summed E-state index contributed by atoms with van der Waals surface area (Å²) < 4.78 is 0. The molecule has 3 fully saturated rings. The second-order valence-corrected chi connectivity index (χ2v) is 12.2. The van der Waals surface area contributed by atoms with Crippen LogP contribution in [0.25, 0.3) is 0 Å². The maximum atomic E-state index is 12.1. The number of fused-ring (bicyclic) bond motifs is 5. The molecular formula is C29H46O. The molecule has 0 bridgehead atoms. The fourth-order valence-corrected chi connectivity index (χ4v) is 8.68. The zero-order chi connectivity index (χ0) is 21.7. The maximum absolute atomic E-state index is 12.1. The zero-order valence-corrected chi connectivity index (χ0v) is 20.4. The standard InChI is InChI=1S/C29H46O/c1-7-19(2)20(3)8-9-21(4)25-12-13-26-24-11-10-22-18-23(30)14-16-28(22,5)27(24)15-17-29(25,26)6/h18-19,21,24-27H,3,7-17H2,1-2,4-6H3/t19-,21+,24?,25+,26?,27?,28-,29+/m0/s1. The second kappa shape index (κ2) is 8.25. The third-order valence-corrected chi connectivity index (χ3v) is 11.0. The fraction of sp³-hybridized carbons (Fsp3) is 0.828. The van der Waals surface area contributed by atoms with Crippen LogP contribution in [0, 0.1) is 46.3 Å². The molecule has 0 amide bonds. The van der Waals surface area contributed by atoms with Gasteiger partial charge in [-0.05, 0) is 117 Å². The molecule has 0 radical (unpaired) electrons. The lowest BCUT2D eigenvalue weighted by atomic mass is 9.46. The molecule has 0 aromatic rings. The van der Waals surface area contributed by atoms with Crippen molar-refractivity contribution in [3.05, 3.63) is 23.8 Å². The highest BCUT2D eigenvalue weighted by Crippen LogP contribution is 2.67. The number of carbonyl (C=O) groups excluding carboxylic acids is 1. The van der Waals surface area contributed by atoms with Gasteiger partial charge in [0.25, 0.3) is 0 Å². The van der Waals surface area contributed by atoms with Gasteiger partial charge in [-0.2, -0.15) is 0 Å². The van der Waals surface area contributed by atoms with Gasteiger partial charge >= 0.3 is 0 Å². The summed E-state index contributed by atoms with van der Waals surface area (Å²) in [6, 6.07) is 0. The van der Waals surface area contributed by atoms with E-state index in [4.69, 9.17) is 0 Å². The molecule has 4 aliphatic rings. The lowest BCUT2D eigenvalue weighted by molar-refractivity contribution is -0.117. The Kier molecular flexibility index (Phi) is 6.15. The Balaban J connectivity index is 1.47. The largest absolute Gasteiger partial charge is 0.295 e. The van der Waals surface area contributed by atoms with Gasteiger partial charge in [-0.25, -0.2) is 0 Å². The summed E-state index contributed by atoms with van der Waals surface area (Å²) in [6.07, 6.45) is 15.9. The Hall–Kier alpha value is -0.850. The molecule has 0 saturated heterocycles. The average Bonchev–Trinajstić information content (AvgIpc) is 3.09. The van der Waals surface area contributed by atoms with Crippen molar-refractivity contribution in [2.24, 2.45) is 46.3 Å². The molecule has 30 heavy (non-hydrogen) atoms. The number of allylic oxidation sites excluding steroid dienone is 2. The highest BCUT2D eigenvalue weighted by Gasteiger charge is 2.59. The lowest BCUT2D eigenvalue weighted by Crippen LogP contribution is -2.50. The van der Waals surface area contributed by atoms with Crippen molar-refractivity contribution < 1.29 is 4.79 Å². The lowest BCUT2D eigenvalue weighted by Gasteiger charge is -2.58. The molecule has 1 nitrogen and oxygen atoms in total. The van der Waals surface area contributed by atoms with Crippen molar-refractivity contribution in [2.75, 3.05) is 0 Å². The Morgan fingerprint density at radius 1 is 1.10 bits per heavy atom. The highest BCUT2D eigenvalue weighted by atomic mass is 16.1. The first-order valence-electron chi connectivity index (χ1n) is 13.1. The number of rotatable bonds is 6. The summed E-state index contributed by atoms with van der Waals surface area (Å²) in [5, 5.41) is 0. The van der Waals surface area contributed by atoms with Crippen LogP contribution in [0.1, 0.15) is 105 Å². The first kappa shape index (κ1) is 22.3. The Morgan fingerprint density at radius 2 is 1.87 bits per heavy atom. The number of hydrogen-bond donors (Lipinski definition) is 0. The van der Waals surface area contributed by atoms with Crippen LogP contribution in [0.4, 0.5) is 0 Å². The van der Waals surface area contributed by atoms with E-state index in [2.05, 4.69) is 47.3 Å². The maximum Gasteiger partial charge on any atom is 0.155 e. The summed E-state index contributed by atoms with van der Waals surface area (Å²) in [6.45, 7) is 16.8. The third kappa shape index (κ3) is 3.57. The normalized spacial score (nSPS) is 42.6. The molecular weight excluding hydrogens is 364 g/mol. The molecule has 0 aliphatic heterocycles. The average molecular weight is 411 g/mol. The summed E-state index contributed by atoms with van der Waals surface area (Å²) in [5.41, 5.74) is 3.84. The van der Waals surface area contributed by atoms with Crippen molar-refractivity contribution in [3.8, 4) is 0 Å². The molecule has 1 heteroatoms. The van der Waals surface area contributed by atoms with Gasteiger partial charge in [0.05, 0.1) is 0 Å². The number of hydrogen-bond acceptors (Lipinski definition) is 1. The molecule has 0 N–H and O–H groups in total.